The van der Waals surface area contributed by atoms with Crippen LogP contribution in [0.1, 0.15) is 12.0 Å². The molecule has 1 aromatic carbocycles. The van der Waals surface area contributed by atoms with Gasteiger partial charge in [-0.1, -0.05) is 12.1 Å². The van der Waals surface area contributed by atoms with E-state index in [9.17, 15) is 18.6 Å². The van der Waals surface area contributed by atoms with E-state index >= 15 is 0 Å². The van der Waals surface area contributed by atoms with Gasteiger partial charge < -0.3 is 20.5 Å². The van der Waals surface area contributed by atoms with Gasteiger partial charge in [0.15, 0.2) is 5.65 Å². The fraction of sp³-hybridized carbons (Fsp3) is 0.333. The zero-order chi connectivity index (χ0) is 23.3. The first-order valence-electron chi connectivity index (χ1n) is 10.4. The molecule has 174 valence electrons. The van der Waals surface area contributed by atoms with Crippen LogP contribution in [-0.4, -0.2) is 63.1 Å². The van der Waals surface area contributed by atoms with Gasteiger partial charge in [0.2, 0.25) is 0 Å². The largest absolute Gasteiger partial charge is 0.390 e. The van der Waals surface area contributed by atoms with Gasteiger partial charge in [-0.2, -0.15) is 18.0 Å². The topological polar surface area (TPSA) is 168 Å². The number of aromatic nitrogens is 4. The van der Waals surface area contributed by atoms with E-state index in [1.807, 2.05) is 31.3 Å². The molecule has 0 aliphatic heterocycles. The average Bonchev–Trinajstić information content (AvgIpc) is 3.44. The minimum absolute atomic E-state index is 0.275. The molecule has 4 atom stereocenters. The monoisotopic (exact) mass is 472 g/mol. The second-order valence-corrected chi connectivity index (χ2v) is 9.61. The van der Waals surface area contributed by atoms with Crippen LogP contribution in [-0.2, 0) is 14.5 Å². The molecule has 3 aromatic heterocycles. The van der Waals surface area contributed by atoms with Crippen molar-refractivity contribution < 1.29 is 22.8 Å². The van der Waals surface area contributed by atoms with E-state index in [0.717, 1.165) is 27.7 Å². The molecule has 0 bridgehead atoms. The molecule has 11 nitrogen and oxygen atoms in total. The molecule has 6 N–H and O–H groups in total. The highest BCUT2D eigenvalue weighted by atomic mass is 32.2. The number of nitrogens with two attached hydrogens (primary N) is 1. The minimum Gasteiger partial charge on any atom is -0.390 e. The van der Waals surface area contributed by atoms with E-state index < -0.39 is 34.5 Å². The molecule has 1 fully saturated rings. The average molecular weight is 473 g/mol. The van der Waals surface area contributed by atoms with Crippen molar-refractivity contribution in [1.29, 1.82) is 0 Å². The number of anilines is 1. The molecule has 0 radical (unpaired) electrons. The van der Waals surface area contributed by atoms with Gasteiger partial charge in [0.05, 0.1) is 24.4 Å². The number of hydrogen-bond donors (Lipinski definition) is 5. The number of aryl methyl sites for hydroxylation is 1. The maximum atomic E-state index is 11.1. The number of aromatic amines is 1. The Labute approximate surface area is 189 Å². The molecule has 0 amide bonds. The number of fused-ring (bicyclic) bond motifs is 2. The maximum absolute atomic E-state index is 11.1. The number of nitrogens with one attached hydrogen (secondary N) is 2. The van der Waals surface area contributed by atoms with Crippen LogP contribution < -0.4 is 10.5 Å². The Morgan fingerprint density at radius 1 is 1.27 bits per heavy atom. The Morgan fingerprint density at radius 2 is 2.09 bits per heavy atom. The first kappa shape index (κ1) is 21.8. The highest BCUT2D eigenvalue weighted by Crippen LogP contribution is 2.32. The number of H-pyrrole nitrogens is 1. The van der Waals surface area contributed by atoms with Crippen molar-refractivity contribution in [2.75, 3.05) is 11.9 Å². The van der Waals surface area contributed by atoms with Crippen molar-refractivity contribution in [2.24, 2.45) is 11.1 Å². The first-order chi connectivity index (χ1) is 15.7. The number of aliphatic hydroxyl groups excluding tert-OH is 2. The number of hydrogen-bond acceptors (Lipinski definition) is 8. The Balaban J connectivity index is 1.42. The van der Waals surface area contributed by atoms with Gasteiger partial charge in [-0.3, -0.25) is 4.18 Å². The van der Waals surface area contributed by atoms with Crippen LogP contribution in [0.3, 0.4) is 0 Å². The van der Waals surface area contributed by atoms with Gasteiger partial charge in [-0.05, 0) is 31.0 Å². The predicted octanol–water partition coefficient (Wildman–Crippen LogP) is 0.928. The number of aliphatic hydroxyl groups is 2. The Morgan fingerprint density at radius 3 is 2.88 bits per heavy atom. The highest BCUT2D eigenvalue weighted by molar-refractivity contribution is 7.84. The normalized spacial score (nSPS) is 23.5. The second-order valence-electron chi connectivity index (χ2n) is 8.39. The molecule has 12 heteroatoms. The van der Waals surface area contributed by atoms with Crippen LogP contribution in [0.5, 0.6) is 0 Å². The molecular weight excluding hydrogens is 448 g/mol. The SMILES string of the molecule is Cc1ccc2c(-c3cc4nccc(NC5CC(COS(N)(=O)=O)C(O)C5O)n4n3)c[nH]c2c1. The summed E-state index contributed by atoms with van der Waals surface area (Å²) in [6.07, 6.45) is 1.52. The quantitative estimate of drug-likeness (QED) is 0.276. The predicted molar refractivity (Wildman–Crippen MR) is 122 cm³/mol. The summed E-state index contributed by atoms with van der Waals surface area (Å²) in [4.78, 5) is 7.66. The summed E-state index contributed by atoms with van der Waals surface area (Å²) in [7, 11) is -4.13. The van der Waals surface area contributed by atoms with Gasteiger partial charge in [0.1, 0.15) is 11.9 Å². The lowest BCUT2D eigenvalue weighted by Gasteiger charge is -2.19. The summed E-state index contributed by atoms with van der Waals surface area (Å²) in [5.74, 6) is -0.0257. The van der Waals surface area contributed by atoms with Crippen molar-refractivity contribution in [3.05, 3.63) is 48.3 Å². The molecule has 4 aromatic rings. The van der Waals surface area contributed by atoms with Crippen molar-refractivity contribution in [2.45, 2.75) is 31.6 Å². The molecule has 3 heterocycles. The van der Waals surface area contributed by atoms with E-state index in [-0.39, 0.29) is 13.0 Å². The lowest BCUT2D eigenvalue weighted by atomic mass is 10.1. The number of rotatable bonds is 6. The van der Waals surface area contributed by atoms with Gasteiger partial charge in [-0.15, -0.1) is 0 Å². The summed E-state index contributed by atoms with van der Waals surface area (Å²) >= 11 is 0. The Kier molecular flexibility index (Phi) is 5.34. The summed E-state index contributed by atoms with van der Waals surface area (Å²) in [5.41, 5.74) is 4.46. The van der Waals surface area contributed by atoms with E-state index in [1.165, 1.54) is 0 Å². The van der Waals surface area contributed by atoms with Crippen molar-refractivity contribution >= 4 is 32.7 Å². The summed E-state index contributed by atoms with van der Waals surface area (Å²) < 4.78 is 28.4. The van der Waals surface area contributed by atoms with Crippen molar-refractivity contribution in [1.82, 2.24) is 19.6 Å². The molecule has 5 rings (SSSR count). The zero-order valence-electron chi connectivity index (χ0n) is 17.7. The van der Waals surface area contributed by atoms with Crippen molar-refractivity contribution in [3.63, 3.8) is 0 Å². The van der Waals surface area contributed by atoms with Crippen LogP contribution in [0.4, 0.5) is 5.82 Å². The van der Waals surface area contributed by atoms with Gasteiger partial charge in [-0.25, -0.2) is 10.1 Å². The molecule has 1 aliphatic rings. The Bertz CT molecular complexity index is 1430. The summed E-state index contributed by atoms with van der Waals surface area (Å²) in [5, 5.41) is 34.6. The molecule has 0 saturated heterocycles. The van der Waals surface area contributed by atoms with Crippen LogP contribution in [0.2, 0.25) is 0 Å². The number of benzene rings is 1. The fourth-order valence-electron chi connectivity index (χ4n) is 4.39. The number of nitrogens with zero attached hydrogens (tertiary/aromatic N) is 3. The third-order valence-corrected chi connectivity index (χ3v) is 6.52. The van der Waals surface area contributed by atoms with Crippen molar-refractivity contribution in [3.8, 4) is 11.3 Å². The lowest BCUT2D eigenvalue weighted by molar-refractivity contribution is 0.00777. The molecule has 4 unspecified atom stereocenters. The maximum Gasteiger partial charge on any atom is 0.333 e. The molecule has 1 aliphatic carbocycles. The summed E-state index contributed by atoms with van der Waals surface area (Å²) in [6.45, 7) is 1.72. The zero-order valence-corrected chi connectivity index (χ0v) is 18.5. The van der Waals surface area contributed by atoms with E-state index in [1.54, 1.807) is 16.8 Å². The van der Waals surface area contributed by atoms with Crippen LogP contribution >= 0.6 is 0 Å². The molecule has 33 heavy (non-hydrogen) atoms. The standard InChI is InChI=1S/C21H24N6O5S/c1-11-2-3-13-14(9-24-15(13)6-11)16-8-19-23-5-4-18(27(19)26-16)25-17-7-12(20(28)21(17)29)10-32-33(22,30)31/h2-6,8-9,12,17,20-21,24-25,28-29H,7,10H2,1H3,(H2,22,30,31). The van der Waals surface area contributed by atoms with E-state index in [2.05, 4.69) is 25.5 Å². The van der Waals surface area contributed by atoms with Crippen LogP contribution in [0.15, 0.2) is 42.7 Å². The smallest absolute Gasteiger partial charge is 0.333 e. The molecular formula is C21H24N6O5S. The van der Waals surface area contributed by atoms with Crippen LogP contribution in [0, 0.1) is 12.8 Å². The Hall–Kier alpha value is -3.03. The van der Waals surface area contributed by atoms with Crippen LogP contribution in [0.25, 0.3) is 27.8 Å². The van der Waals surface area contributed by atoms with Gasteiger partial charge >= 0.3 is 10.3 Å². The third kappa shape index (κ3) is 4.18. The van der Waals surface area contributed by atoms with E-state index in [4.69, 9.17) is 10.2 Å². The first-order valence-corrected chi connectivity index (χ1v) is 11.9. The van der Waals surface area contributed by atoms with Gasteiger partial charge in [0.25, 0.3) is 0 Å². The highest BCUT2D eigenvalue weighted by Gasteiger charge is 2.42. The minimum atomic E-state index is -4.13. The summed E-state index contributed by atoms with van der Waals surface area (Å²) in [6, 6.07) is 9.20. The second kappa shape index (κ2) is 8.08. The fourth-order valence-corrected chi connectivity index (χ4v) is 4.76. The molecule has 1 saturated carbocycles. The lowest BCUT2D eigenvalue weighted by Crippen LogP contribution is -2.36. The van der Waals surface area contributed by atoms with Gasteiger partial charge in [0, 0.05) is 40.8 Å². The third-order valence-electron chi connectivity index (χ3n) is 6.05. The van der Waals surface area contributed by atoms with E-state index in [0.29, 0.717) is 11.5 Å². The molecule has 0 spiro atoms.